The zero-order chi connectivity index (χ0) is 23.7. The van der Waals surface area contributed by atoms with Crippen molar-refractivity contribution < 1.29 is 29.3 Å². The molecule has 1 atom stereocenters. The van der Waals surface area contributed by atoms with Gasteiger partial charge < -0.3 is 29.5 Å². The maximum Gasteiger partial charge on any atom is 0.295 e. The monoisotopic (exact) mass is 452 g/mol. The number of anilines is 1. The first-order valence-corrected chi connectivity index (χ1v) is 11.1. The van der Waals surface area contributed by atoms with Crippen LogP contribution in [0.4, 0.5) is 5.69 Å². The number of likely N-dealkylation sites (N-methyl/N-ethyl adjacent to an activating group) is 1. The number of Topliss-reactive ketones (excluding diaryl/α,β-unsaturated/α-hetero) is 1. The quantitative estimate of drug-likeness (QED) is 0.393. The summed E-state index contributed by atoms with van der Waals surface area (Å²) >= 11 is 0. The molecule has 1 saturated heterocycles. The predicted octanol–water partition coefficient (Wildman–Crippen LogP) is 3.45. The summed E-state index contributed by atoms with van der Waals surface area (Å²) < 4.78 is 11.2. The fraction of sp³-hybridized carbons (Fsp3) is 0.360. The van der Waals surface area contributed by atoms with Gasteiger partial charge in [0.25, 0.3) is 11.7 Å². The number of nitrogens with zero attached hydrogens (tertiary/aromatic N) is 2. The summed E-state index contributed by atoms with van der Waals surface area (Å²) in [5, 5.41) is 21.4. The Morgan fingerprint density at radius 3 is 2.70 bits per heavy atom. The Morgan fingerprint density at radius 2 is 1.97 bits per heavy atom. The van der Waals surface area contributed by atoms with Crippen LogP contribution in [0.1, 0.15) is 37.4 Å². The van der Waals surface area contributed by atoms with Crippen molar-refractivity contribution in [2.24, 2.45) is 0 Å². The van der Waals surface area contributed by atoms with Crippen LogP contribution in [0, 0.1) is 0 Å². The second kappa shape index (κ2) is 9.05. The predicted molar refractivity (Wildman–Crippen MR) is 124 cm³/mol. The second-order valence-corrected chi connectivity index (χ2v) is 8.11. The zero-order valence-corrected chi connectivity index (χ0v) is 19.0. The highest BCUT2D eigenvalue weighted by atomic mass is 16.5. The van der Waals surface area contributed by atoms with Gasteiger partial charge in [0.15, 0.2) is 11.5 Å². The van der Waals surface area contributed by atoms with Crippen molar-refractivity contribution in [1.29, 1.82) is 0 Å². The Hall–Kier alpha value is -3.68. The van der Waals surface area contributed by atoms with Crippen LogP contribution in [-0.4, -0.2) is 60.2 Å². The van der Waals surface area contributed by atoms with Crippen LogP contribution in [0.3, 0.4) is 0 Å². The summed E-state index contributed by atoms with van der Waals surface area (Å²) in [6, 6.07) is 9.12. The molecule has 0 aliphatic carbocycles. The Labute approximate surface area is 192 Å². The van der Waals surface area contributed by atoms with E-state index in [2.05, 4.69) is 0 Å². The van der Waals surface area contributed by atoms with Crippen LogP contribution >= 0.6 is 0 Å². The molecule has 0 aromatic heterocycles. The number of hydrogen-bond acceptors (Lipinski definition) is 7. The smallest absolute Gasteiger partial charge is 0.295 e. The number of benzene rings is 2. The lowest BCUT2D eigenvalue weighted by Gasteiger charge is -2.28. The number of aliphatic hydroxyl groups is 1. The number of rotatable bonds is 6. The van der Waals surface area contributed by atoms with Crippen molar-refractivity contribution in [2.75, 3.05) is 38.3 Å². The normalized spacial score (nSPS) is 19.4. The van der Waals surface area contributed by atoms with Gasteiger partial charge in [0.2, 0.25) is 0 Å². The third-order valence-corrected chi connectivity index (χ3v) is 5.93. The number of aliphatic hydroxyl groups excluding tert-OH is 1. The number of ether oxygens (including phenoxy) is 2. The number of phenols is 1. The van der Waals surface area contributed by atoms with Gasteiger partial charge in [-0.15, -0.1) is 0 Å². The highest BCUT2D eigenvalue weighted by Gasteiger charge is 2.46. The van der Waals surface area contributed by atoms with Gasteiger partial charge in [-0.3, -0.25) is 9.59 Å². The van der Waals surface area contributed by atoms with E-state index in [-0.39, 0.29) is 22.8 Å². The minimum absolute atomic E-state index is 0.0147. The molecule has 0 spiro atoms. The Bertz CT molecular complexity index is 1130. The number of phenolic OH excluding ortho intramolecular Hbond substituents is 1. The summed E-state index contributed by atoms with van der Waals surface area (Å²) in [4.78, 5) is 29.5. The molecule has 8 heteroatoms. The van der Waals surface area contributed by atoms with Gasteiger partial charge in [-0.05, 0) is 49.2 Å². The lowest BCUT2D eigenvalue weighted by atomic mass is 9.94. The molecule has 1 unspecified atom stereocenters. The van der Waals surface area contributed by atoms with Crippen molar-refractivity contribution >= 4 is 23.1 Å². The molecular weight excluding hydrogens is 424 g/mol. The van der Waals surface area contributed by atoms with Gasteiger partial charge in [-0.2, -0.15) is 0 Å². The van der Waals surface area contributed by atoms with Crippen LogP contribution in [0.5, 0.6) is 17.2 Å². The maximum atomic E-state index is 13.1. The van der Waals surface area contributed by atoms with E-state index in [0.717, 1.165) is 5.69 Å². The first kappa shape index (κ1) is 22.5. The van der Waals surface area contributed by atoms with Gasteiger partial charge in [0.05, 0.1) is 30.5 Å². The van der Waals surface area contributed by atoms with E-state index in [1.54, 1.807) is 37.3 Å². The number of ketones is 1. The summed E-state index contributed by atoms with van der Waals surface area (Å²) in [6.45, 7) is 5.67. The van der Waals surface area contributed by atoms with Crippen LogP contribution in [0.15, 0.2) is 42.0 Å². The summed E-state index contributed by atoms with van der Waals surface area (Å²) in [6.07, 6.45) is 0.640. The second-order valence-electron chi connectivity index (χ2n) is 8.11. The van der Waals surface area contributed by atoms with Crippen molar-refractivity contribution in [2.45, 2.75) is 26.3 Å². The number of likely N-dealkylation sites (tertiary alicyclic amines) is 1. The van der Waals surface area contributed by atoms with E-state index >= 15 is 0 Å². The lowest BCUT2D eigenvalue weighted by molar-refractivity contribution is -0.139. The van der Waals surface area contributed by atoms with E-state index in [1.807, 2.05) is 18.9 Å². The van der Waals surface area contributed by atoms with E-state index in [4.69, 9.17) is 9.47 Å². The number of amides is 1. The number of fused-ring (bicyclic) bond motifs is 1. The Kier molecular flexibility index (Phi) is 6.18. The Morgan fingerprint density at radius 1 is 1.18 bits per heavy atom. The SMILES string of the molecule is CCCN1C(=O)C(=O)/C(=C(/O)c2ccc3c(c2)N(C)CCO3)C1c1ccc(O)c(OCC)c1. The maximum absolute atomic E-state index is 13.1. The fourth-order valence-corrected chi connectivity index (χ4v) is 4.32. The molecule has 2 N–H and O–H groups in total. The molecule has 1 amide bonds. The van der Waals surface area contributed by atoms with Gasteiger partial charge in [-0.1, -0.05) is 13.0 Å². The molecular formula is C25H28N2O6. The highest BCUT2D eigenvalue weighted by molar-refractivity contribution is 6.46. The Balaban J connectivity index is 1.87. The molecule has 2 aromatic carbocycles. The molecule has 8 nitrogen and oxygen atoms in total. The number of carbonyl (C=O) groups is 2. The zero-order valence-electron chi connectivity index (χ0n) is 19.0. The van der Waals surface area contributed by atoms with Gasteiger partial charge in [-0.25, -0.2) is 0 Å². The number of hydrogen-bond donors (Lipinski definition) is 2. The minimum atomic E-state index is -0.797. The number of carbonyl (C=O) groups excluding carboxylic acids is 2. The summed E-state index contributed by atoms with van der Waals surface area (Å²) in [5.74, 6) is -0.726. The molecule has 0 radical (unpaired) electrons. The van der Waals surface area contributed by atoms with Crippen LogP contribution in [0.2, 0.25) is 0 Å². The standard InChI is InChI=1S/C25H28N2O6/c1-4-10-27-22(15-6-8-18(28)20(14-15)32-5-2)21(24(30)25(27)31)23(29)16-7-9-19-17(13-16)26(3)11-12-33-19/h6-9,13-14,22,28-29H,4-5,10-12H2,1-3H3/b23-21+. The molecule has 33 heavy (non-hydrogen) atoms. The molecule has 2 aliphatic heterocycles. The largest absolute Gasteiger partial charge is 0.507 e. The molecule has 2 aromatic rings. The van der Waals surface area contributed by atoms with Crippen molar-refractivity contribution in [3.8, 4) is 17.2 Å². The van der Waals surface area contributed by atoms with E-state index < -0.39 is 17.7 Å². The number of aromatic hydroxyl groups is 1. The third-order valence-electron chi connectivity index (χ3n) is 5.93. The lowest BCUT2D eigenvalue weighted by Crippen LogP contribution is -2.30. The summed E-state index contributed by atoms with van der Waals surface area (Å²) in [7, 11) is 1.93. The van der Waals surface area contributed by atoms with Gasteiger partial charge >= 0.3 is 0 Å². The average Bonchev–Trinajstić information content (AvgIpc) is 3.05. The van der Waals surface area contributed by atoms with Crippen LogP contribution < -0.4 is 14.4 Å². The minimum Gasteiger partial charge on any atom is -0.507 e. The third kappa shape index (κ3) is 3.97. The first-order valence-electron chi connectivity index (χ1n) is 11.1. The topological polar surface area (TPSA) is 99.5 Å². The highest BCUT2D eigenvalue weighted by Crippen LogP contribution is 2.43. The van der Waals surface area contributed by atoms with E-state index in [9.17, 15) is 19.8 Å². The van der Waals surface area contributed by atoms with Crippen molar-refractivity contribution in [3.63, 3.8) is 0 Å². The molecule has 1 fully saturated rings. The van der Waals surface area contributed by atoms with E-state index in [1.165, 1.54) is 11.0 Å². The molecule has 4 rings (SSSR count). The fourth-order valence-electron chi connectivity index (χ4n) is 4.32. The molecule has 174 valence electrons. The van der Waals surface area contributed by atoms with Crippen LogP contribution in [0.25, 0.3) is 5.76 Å². The summed E-state index contributed by atoms with van der Waals surface area (Å²) in [5.41, 5.74) is 1.81. The first-order chi connectivity index (χ1) is 15.9. The van der Waals surface area contributed by atoms with Crippen LogP contribution in [-0.2, 0) is 9.59 Å². The van der Waals surface area contributed by atoms with E-state index in [0.29, 0.717) is 49.6 Å². The molecule has 2 aliphatic rings. The van der Waals surface area contributed by atoms with Gasteiger partial charge in [0, 0.05) is 19.2 Å². The molecule has 2 heterocycles. The molecule has 0 bridgehead atoms. The molecule has 0 saturated carbocycles. The van der Waals surface area contributed by atoms with Gasteiger partial charge in [0.1, 0.15) is 18.1 Å². The average molecular weight is 453 g/mol. The van der Waals surface area contributed by atoms with Crippen molar-refractivity contribution in [3.05, 3.63) is 53.1 Å². The van der Waals surface area contributed by atoms with Crippen molar-refractivity contribution in [1.82, 2.24) is 4.90 Å².